The molecule has 2 aromatic rings. The molecule has 1 atom stereocenters. The molecule has 170 valence electrons. The minimum Gasteiger partial charge on any atom is -0.497 e. The van der Waals surface area contributed by atoms with Gasteiger partial charge in [-0.3, -0.25) is 14.7 Å². The summed E-state index contributed by atoms with van der Waals surface area (Å²) >= 11 is 0. The number of nitrogens with zero attached hydrogens (tertiary/aromatic N) is 3. The molecule has 1 aromatic heterocycles. The Morgan fingerprint density at radius 1 is 1.19 bits per heavy atom. The van der Waals surface area contributed by atoms with E-state index < -0.39 is 11.1 Å². The zero-order valence-electron chi connectivity index (χ0n) is 18.7. The number of pyridine rings is 1. The highest BCUT2D eigenvalue weighted by Gasteiger charge is 2.64. The summed E-state index contributed by atoms with van der Waals surface area (Å²) in [5.74, 6) is 0.681. The first kappa shape index (κ1) is 22.1. The number of carbonyl (C=O) groups excluding carboxylic acids is 2. The highest BCUT2D eigenvalue weighted by atomic mass is 16.6. The quantitative estimate of drug-likeness (QED) is 0.688. The Bertz CT molecular complexity index is 975. The number of ether oxygens (including phenoxy) is 3. The third-order valence-electron chi connectivity index (χ3n) is 6.82. The molecule has 2 aliphatic rings. The van der Waals surface area contributed by atoms with E-state index in [2.05, 4.69) is 4.98 Å². The zero-order chi connectivity index (χ0) is 22.8. The van der Waals surface area contributed by atoms with E-state index in [-0.39, 0.29) is 18.6 Å². The van der Waals surface area contributed by atoms with Crippen LogP contribution in [-0.4, -0.2) is 66.3 Å². The molecule has 0 saturated carbocycles. The highest BCUT2D eigenvalue weighted by molar-refractivity contribution is 5.78. The monoisotopic (exact) mass is 439 g/mol. The van der Waals surface area contributed by atoms with Crippen LogP contribution in [0.2, 0.25) is 0 Å². The molecule has 2 aliphatic heterocycles. The maximum atomic E-state index is 13.3. The van der Waals surface area contributed by atoms with E-state index >= 15 is 0 Å². The van der Waals surface area contributed by atoms with Gasteiger partial charge in [0.25, 0.3) is 0 Å². The smallest absolute Gasteiger partial charge is 0.411 e. The molecule has 2 amide bonds. The third kappa shape index (κ3) is 3.68. The number of carbonyl (C=O) groups is 2. The number of rotatable bonds is 6. The van der Waals surface area contributed by atoms with Gasteiger partial charge in [0.2, 0.25) is 5.91 Å². The molecule has 1 unspecified atom stereocenters. The van der Waals surface area contributed by atoms with E-state index in [1.165, 1.54) is 7.11 Å². The summed E-state index contributed by atoms with van der Waals surface area (Å²) in [6.45, 7) is 3.46. The van der Waals surface area contributed by atoms with Crippen molar-refractivity contribution in [2.75, 3.05) is 33.9 Å². The second-order valence-corrected chi connectivity index (χ2v) is 8.43. The molecule has 0 N–H and O–H groups in total. The van der Waals surface area contributed by atoms with E-state index in [1.807, 2.05) is 43.3 Å². The average molecular weight is 440 g/mol. The number of hydrogen-bond donors (Lipinski definition) is 0. The summed E-state index contributed by atoms with van der Waals surface area (Å²) in [5, 5.41) is 0. The van der Waals surface area contributed by atoms with Gasteiger partial charge in [0.15, 0.2) is 0 Å². The third-order valence-corrected chi connectivity index (χ3v) is 6.82. The number of hydrogen-bond acceptors (Lipinski definition) is 6. The Balaban J connectivity index is 1.69. The van der Waals surface area contributed by atoms with Crippen LogP contribution in [0.25, 0.3) is 0 Å². The predicted octanol–water partition coefficient (Wildman–Crippen LogP) is 2.97. The first-order valence-corrected chi connectivity index (χ1v) is 10.7. The van der Waals surface area contributed by atoms with Crippen molar-refractivity contribution in [1.29, 1.82) is 0 Å². The van der Waals surface area contributed by atoms with Gasteiger partial charge >= 0.3 is 6.09 Å². The van der Waals surface area contributed by atoms with Crippen molar-refractivity contribution in [3.05, 3.63) is 59.9 Å². The molecule has 0 radical (unpaired) electrons. The van der Waals surface area contributed by atoms with Crippen molar-refractivity contribution >= 4 is 12.0 Å². The summed E-state index contributed by atoms with van der Waals surface area (Å²) in [7, 11) is 3.13. The van der Waals surface area contributed by atoms with Gasteiger partial charge in [0, 0.05) is 45.4 Å². The molecular formula is C24H29N3O5. The van der Waals surface area contributed by atoms with Crippen molar-refractivity contribution in [2.45, 2.75) is 37.5 Å². The van der Waals surface area contributed by atoms with Crippen LogP contribution in [0.15, 0.2) is 48.8 Å². The molecule has 8 nitrogen and oxygen atoms in total. The van der Waals surface area contributed by atoms with Crippen LogP contribution in [0.3, 0.4) is 0 Å². The van der Waals surface area contributed by atoms with Crippen molar-refractivity contribution in [2.24, 2.45) is 0 Å². The minimum absolute atomic E-state index is 0.0502. The molecule has 1 spiro atoms. The summed E-state index contributed by atoms with van der Waals surface area (Å²) in [4.78, 5) is 33.5. The Morgan fingerprint density at radius 2 is 1.97 bits per heavy atom. The SMILES string of the molecule is COCC(=O)N1CCC2(CC1)OC(=O)N(Cc1cccc(OC)c1)C2(C)c1cccnc1. The zero-order valence-corrected chi connectivity index (χ0v) is 18.7. The Kier molecular flexibility index (Phi) is 6.06. The minimum atomic E-state index is -0.768. The molecule has 32 heavy (non-hydrogen) atoms. The first-order chi connectivity index (χ1) is 15.4. The second kappa shape index (κ2) is 8.78. The van der Waals surface area contributed by atoms with Crippen LogP contribution in [0, 0.1) is 0 Å². The lowest BCUT2D eigenvalue weighted by Crippen LogP contribution is -2.59. The molecule has 3 heterocycles. The summed E-state index contributed by atoms with van der Waals surface area (Å²) in [6, 6.07) is 11.5. The standard InChI is InChI=1S/C24H29N3O5/c1-23(19-7-5-11-25-15-19)24(9-12-26(13-10-24)21(28)17-30-2)32-22(29)27(23)16-18-6-4-8-20(14-18)31-3/h4-8,11,14-15H,9-10,12-13,16-17H2,1-3H3. The van der Waals surface area contributed by atoms with E-state index in [9.17, 15) is 9.59 Å². The summed E-state index contributed by atoms with van der Waals surface area (Å²) in [6.07, 6.45) is 4.22. The lowest BCUT2D eigenvalue weighted by atomic mass is 9.70. The second-order valence-electron chi connectivity index (χ2n) is 8.43. The fourth-order valence-corrected chi connectivity index (χ4v) is 4.92. The molecular weight excluding hydrogens is 410 g/mol. The van der Waals surface area contributed by atoms with Crippen molar-refractivity contribution in [3.8, 4) is 5.75 Å². The van der Waals surface area contributed by atoms with Crippen LogP contribution < -0.4 is 4.74 Å². The van der Waals surface area contributed by atoms with Crippen molar-refractivity contribution in [1.82, 2.24) is 14.8 Å². The molecule has 1 aromatic carbocycles. The fraction of sp³-hybridized carbons (Fsp3) is 0.458. The van der Waals surface area contributed by atoms with Crippen LogP contribution in [0.4, 0.5) is 4.79 Å². The van der Waals surface area contributed by atoms with Crippen LogP contribution in [0.1, 0.15) is 30.9 Å². The fourth-order valence-electron chi connectivity index (χ4n) is 4.92. The van der Waals surface area contributed by atoms with Gasteiger partial charge < -0.3 is 19.1 Å². The van der Waals surface area contributed by atoms with E-state index in [4.69, 9.17) is 14.2 Å². The first-order valence-electron chi connectivity index (χ1n) is 10.7. The summed E-state index contributed by atoms with van der Waals surface area (Å²) < 4.78 is 16.5. The van der Waals surface area contributed by atoms with Gasteiger partial charge in [0.1, 0.15) is 23.5 Å². The maximum absolute atomic E-state index is 13.3. The number of benzene rings is 1. The van der Waals surface area contributed by atoms with E-state index in [1.54, 1.807) is 29.3 Å². The van der Waals surface area contributed by atoms with Crippen molar-refractivity contribution < 1.29 is 23.8 Å². The number of methoxy groups -OCH3 is 2. The lowest BCUT2D eigenvalue weighted by Gasteiger charge is -2.48. The maximum Gasteiger partial charge on any atom is 0.411 e. The molecule has 0 bridgehead atoms. The number of aromatic nitrogens is 1. The summed E-state index contributed by atoms with van der Waals surface area (Å²) in [5.41, 5.74) is 0.333. The van der Waals surface area contributed by atoms with Gasteiger partial charge in [-0.25, -0.2) is 4.79 Å². The molecule has 2 fully saturated rings. The van der Waals surface area contributed by atoms with Gasteiger partial charge in [-0.2, -0.15) is 0 Å². The molecule has 8 heteroatoms. The average Bonchev–Trinajstić information content (AvgIpc) is 3.02. The van der Waals surface area contributed by atoms with Crippen LogP contribution in [0.5, 0.6) is 5.75 Å². The number of amides is 2. The van der Waals surface area contributed by atoms with Gasteiger partial charge in [-0.15, -0.1) is 0 Å². The van der Waals surface area contributed by atoms with Crippen LogP contribution in [-0.2, 0) is 26.4 Å². The van der Waals surface area contributed by atoms with E-state index in [0.717, 1.165) is 16.9 Å². The predicted molar refractivity (Wildman–Crippen MR) is 117 cm³/mol. The number of piperidine rings is 1. The Hall–Kier alpha value is -3.13. The largest absolute Gasteiger partial charge is 0.497 e. The van der Waals surface area contributed by atoms with Gasteiger partial charge in [-0.1, -0.05) is 18.2 Å². The lowest BCUT2D eigenvalue weighted by molar-refractivity contribution is -0.140. The van der Waals surface area contributed by atoms with Gasteiger partial charge in [0.05, 0.1) is 13.7 Å². The number of likely N-dealkylation sites (tertiary alicyclic amines) is 1. The van der Waals surface area contributed by atoms with Gasteiger partial charge in [-0.05, 0) is 36.2 Å². The van der Waals surface area contributed by atoms with E-state index in [0.29, 0.717) is 32.5 Å². The van der Waals surface area contributed by atoms with Crippen molar-refractivity contribution in [3.63, 3.8) is 0 Å². The molecule has 2 saturated heterocycles. The molecule has 4 rings (SSSR count). The Morgan fingerprint density at radius 3 is 2.62 bits per heavy atom. The molecule has 0 aliphatic carbocycles. The van der Waals surface area contributed by atoms with Crippen LogP contribution >= 0.6 is 0 Å². The normalized spacial score (nSPS) is 22.2. The topological polar surface area (TPSA) is 81.2 Å². The highest BCUT2D eigenvalue weighted by Crippen LogP contribution is 2.52. The Labute approximate surface area is 188 Å².